The van der Waals surface area contributed by atoms with Gasteiger partial charge in [0.2, 0.25) is 5.91 Å². The molecule has 0 radical (unpaired) electrons. The fraction of sp³-hybridized carbons (Fsp3) is 0.690. The number of halogens is 2. The van der Waals surface area contributed by atoms with Crippen LogP contribution in [0.5, 0.6) is 0 Å². The molecule has 0 saturated carbocycles. The topological polar surface area (TPSA) is 162 Å². The van der Waals surface area contributed by atoms with E-state index in [0.29, 0.717) is 32.4 Å². The fourth-order valence-corrected chi connectivity index (χ4v) is 4.52. The van der Waals surface area contributed by atoms with Crippen molar-refractivity contribution in [2.75, 3.05) is 13.1 Å². The van der Waals surface area contributed by atoms with E-state index < -0.39 is 47.7 Å². The second-order valence-electron chi connectivity index (χ2n) is 10.6. The number of nitrogens with two attached hydrogens (primary N) is 1. The highest BCUT2D eigenvalue weighted by atomic mass is 19.2. The van der Waals surface area contributed by atoms with Gasteiger partial charge < -0.3 is 31.5 Å². The lowest BCUT2D eigenvalue weighted by molar-refractivity contribution is -0.138. The van der Waals surface area contributed by atoms with E-state index in [-0.39, 0.29) is 5.91 Å². The summed E-state index contributed by atoms with van der Waals surface area (Å²) in [4.78, 5) is 34.5. The van der Waals surface area contributed by atoms with E-state index in [1.807, 2.05) is 0 Å². The van der Waals surface area contributed by atoms with Crippen LogP contribution in [-0.2, 0) is 9.59 Å². The van der Waals surface area contributed by atoms with E-state index in [9.17, 15) is 23.2 Å². The first-order chi connectivity index (χ1) is 19.6. The van der Waals surface area contributed by atoms with Crippen molar-refractivity contribution in [1.82, 2.24) is 10.6 Å². The molecule has 0 heterocycles. The molecule has 0 bridgehead atoms. The lowest BCUT2D eigenvalue weighted by atomic mass is 9.79. The minimum Gasteiger partial charge on any atom is -0.480 e. The van der Waals surface area contributed by atoms with Gasteiger partial charge in [0.05, 0.1) is 5.56 Å². The van der Waals surface area contributed by atoms with E-state index in [1.54, 1.807) is 0 Å². The molecule has 9 nitrogen and oxygen atoms in total. The van der Waals surface area contributed by atoms with Crippen molar-refractivity contribution in [3.63, 3.8) is 0 Å². The highest BCUT2D eigenvalue weighted by molar-refractivity contribution is 6.58. The number of carbonyl (C=O) groups is 3. The molecular formula is C29H48BF2N3O6. The van der Waals surface area contributed by atoms with Crippen LogP contribution in [0.2, 0.25) is 0 Å². The smallest absolute Gasteiger partial charge is 0.480 e. The molecule has 0 aromatic heterocycles. The Morgan fingerprint density at radius 3 is 1.76 bits per heavy atom. The SMILES string of the molecule is N[C@@H](CCCCNC(=O)CCCCCCCCCCCCCCCNC(=O)c1ccc(B(O)O)c(F)c1F)C(=O)O. The Balaban J connectivity index is 1.88. The molecule has 1 aromatic rings. The lowest BCUT2D eigenvalue weighted by Crippen LogP contribution is -2.35. The summed E-state index contributed by atoms with van der Waals surface area (Å²) in [5, 5.41) is 32.2. The minimum atomic E-state index is -2.14. The number of aliphatic carboxylic acids is 1. The van der Waals surface area contributed by atoms with Gasteiger partial charge in [-0.15, -0.1) is 0 Å². The average molecular weight is 584 g/mol. The van der Waals surface area contributed by atoms with E-state index >= 15 is 0 Å². The van der Waals surface area contributed by atoms with E-state index in [4.69, 9.17) is 20.9 Å². The molecule has 232 valence electrons. The van der Waals surface area contributed by atoms with Crippen molar-refractivity contribution in [3.8, 4) is 0 Å². The number of nitrogens with one attached hydrogen (secondary N) is 2. The Kier molecular flexibility index (Phi) is 19.6. The zero-order valence-electron chi connectivity index (χ0n) is 24.1. The molecule has 0 aliphatic rings. The first-order valence-corrected chi connectivity index (χ1v) is 15.0. The first kappa shape index (κ1) is 36.5. The summed E-state index contributed by atoms with van der Waals surface area (Å²) in [7, 11) is -2.14. The van der Waals surface area contributed by atoms with Crippen LogP contribution in [0.4, 0.5) is 8.78 Å². The number of rotatable bonds is 24. The lowest BCUT2D eigenvalue weighted by Gasteiger charge is -2.09. The van der Waals surface area contributed by atoms with Gasteiger partial charge in [0.25, 0.3) is 5.91 Å². The molecule has 0 aliphatic carbocycles. The summed E-state index contributed by atoms with van der Waals surface area (Å²) in [5.74, 6) is -4.49. The largest absolute Gasteiger partial charge is 0.491 e. The number of carboxylic acids is 1. The molecule has 1 rings (SSSR count). The number of carbonyl (C=O) groups excluding carboxylic acids is 2. The Morgan fingerprint density at radius 2 is 1.22 bits per heavy atom. The fourth-order valence-electron chi connectivity index (χ4n) is 4.52. The van der Waals surface area contributed by atoms with Crippen LogP contribution in [0.25, 0.3) is 0 Å². The third kappa shape index (κ3) is 16.5. The maximum absolute atomic E-state index is 14.0. The van der Waals surface area contributed by atoms with Crippen molar-refractivity contribution in [1.29, 1.82) is 0 Å². The van der Waals surface area contributed by atoms with Crippen LogP contribution in [0, 0.1) is 11.6 Å². The predicted octanol–water partition coefficient (Wildman–Crippen LogP) is 3.53. The van der Waals surface area contributed by atoms with Crippen LogP contribution in [0.1, 0.15) is 120 Å². The Bertz CT molecular complexity index is 923. The Labute approximate surface area is 242 Å². The summed E-state index contributed by atoms with van der Waals surface area (Å²) >= 11 is 0. The normalized spacial score (nSPS) is 11.7. The van der Waals surface area contributed by atoms with Gasteiger partial charge in [0.15, 0.2) is 11.6 Å². The van der Waals surface area contributed by atoms with Crippen molar-refractivity contribution >= 4 is 30.4 Å². The monoisotopic (exact) mass is 583 g/mol. The van der Waals surface area contributed by atoms with Gasteiger partial charge in [-0.1, -0.05) is 76.7 Å². The van der Waals surface area contributed by atoms with E-state index in [1.165, 1.54) is 38.5 Å². The Hall–Kier alpha value is -2.57. The second-order valence-corrected chi connectivity index (χ2v) is 10.6. The average Bonchev–Trinajstić information content (AvgIpc) is 2.93. The van der Waals surface area contributed by atoms with Crippen molar-refractivity contribution in [2.24, 2.45) is 5.73 Å². The standard InChI is InChI=1S/C29H48BF2N3O6/c31-26-22(18-19-23(27(26)32)30(40)41)28(37)35-21-14-11-9-7-5-3-1-2-4-6-8-10-12-17-25(36)34-20-15-13-16-24(33)29(38)39/h18-19,24,40-41H,1-17,20-21,33H2,(H,34,36)(H,35,37)(H,38,39)/t24-/m0/s1. The molecule has 1 atom stereocenters. The summed E-state index contributed by atoms with van der Waals surface area (Å²) in [5.41, 5.74) is 4.38. The number of carboxylic acid groups (broad SMARTS) is 1. The Morgan fingerprint density at radius 1 is 0.732 bits per heavy atom. The zero-order chi connectivity index (χ0) is 30.5. The molecule has 12 heteroatoms. The number of hydrogen-bond donors (Lipinski definition) is 6. The summed E-state index contributed by atoms with van der Waals surface area (Å²) in [6.07, 6.45) is 16.5. The van der Waals surface area contributed by atoms with Crippen molar-refractivity contribution in [2.45, 2.75) is 115 Å². The predicted molar refractivity (Wildman–Crippen MR) is 156 cm³/mol. The van der Waals surface area contributed by atoms with E-state index in [2.05, 4.69) is 10.6 Å². The molecular weight excluding hydrogens is 535 g/mol. The quantitative estimate of drug-likeness (QED) is 0.0801. The first-order valence-electron chi connectivity index (χ1n) is 15.0. The molecule has 41 heavy (non-hydrogen) atoms. The van der Waals surface area contributed by atoms with Gasteiger partial charge in [0.1, 0.15) is 6.04 Å². The van der Waals surface area contributed by atoms with Crippen LogP contribution >= 0.6 is 0 Å². The van der Waals surface area contributed by atoms with Gasteiger partial charge >= 0.3 is 13.1 Å². The van der Waals surface area contributed by atoms with Gasteiger partial charge in [-0.2, -0.15) is 0 Å². The molecule has 7 N–H and O–H groups in total. The van der Waals surface area contributed by atoms with Crippen LogP contribution in [0.15, 0.2) is 12.1 Å². The van der Waals surface area contributed by atoms with Crippen LogP contribution < -0.4 is 21.8 Å². The molecule has 0 aliphatic heterocycles. The number of amides is 2. The summed E-state index contributed by atoms with van der Waals surface area (Å²) in [6, 6.07) is 1.20. The third-order valence-corrected chi connectivity index (χ3v) is 7.08. The van der Waals surface area contributed by atoms with Crippen molar-refractivity contribution < 1.29 is 38.3 Å². The molecule has 0 saturated heterocycles. The summed E-state index contributed by atoms with van der Waals surface area (Å²) < 4.78 is 27.8. The maximum Gasteiger partial charge on any atom is 0.491 e. The van der Waals surface area contributed by atoms with Gasteiger partial charge in [-0.25, -0.2) is 8.78 Å². The molecule has 1 aromatic carbocycles. The van der Waals surface area contributed by atoms with Gasteiger partial charge in [-0.3, -0.25) is 14.4 Å². The van der Waals surface area contributed by atoms with Crippen LogP contribution in [0.3, 0.4) is 0 Å². The number of benzene rings is 1. The third-order valence-electron chi connectivity index (χ3n) is 7.08. The van der Waals surface area contributed by atoms with Gasteiger partial charge in [-0.05, 0) is 38.2 Å². The molecule has 0 spiro atoms. The molecule has 2 amide bonds. The number of unbranched alkanes of at least 4 members (excludes halogenated alkanes) is 13. The highest BCUT2D eigenvalue weighted by Gasteiger charge is 2.24. The number of hydrogen-bond acceptors (Lipinski definition) is 6. The minimum absolute atomic E-state index is 0.0525. The molecule has 0 fully saturated rings. The summed E-state index contributed by atoms with van der Waals surface area (Å²) in [6.45, 7) is 0.922. The molecule has 0 unspecified atom stereocenters. The highest BCUT2D eigenvalue weighted by Crippen LogP contribution is 2.14. The van der Waals surface area contributed by atoms with Crippen LogP contribution in [-0.4, -0.2) is 59.2 Å². The van der Waals surface area contributed by atoms with E-state index in [0.717, 1.165) is 63.5 Å². The zero-order valence-corrected chi connectivity index (χ0v) is 24.1. The second kappa shape index (κ2) is 22.1. The maximum atomic E-state index is 14.0. The van der Waals surface area contributed by atoms with Crippen molar-refractivity contribution in [3.05, 3.63) is 29.3 Å². The van der Waals surface area contributed by atoms with Gasteiger partial charge in [0, 0.05) is 25.0 Å².